The zero-order valence-corrected chi connectivity index (χ0v) is 10.8. The van der Waals surface area contributed by atoms with Crippen LogP contribution in [0.5, 0.6) is 0 Å². The van der Waals surface area contributed by atoms with Crippen molar-refractivity contribution < 1.29 is 9.53 Å². The van der Waals surface area contributed by atoms with Gasteiger partial charge in [0.05, 0.1) is 12.6 Å². The van der Waals surface area contributed by atoms with Gasteiger partial charge in [0.1, 0.15) is 0 Å². The quantitative estimate of drug-likeness (QED) is 0.884. The molecule has 0 aliphatic carbocycles. The molecule has 1 N–H and O–H groups in total. The number of ether oxygens (including phenoxy) is 1. The van der Waals surface area contributed by atoms with Crippen LogP contribution in [0.4, 0.5) is 4.79 Å². The van der Waals surface area contributed by atoms with Crippen LogP contribution in [0, 0.1) is 0 Å². The van der Waals surface area contributed by atoms with E-state index in [2.05, 4.69) is 10.1 Å². The van der Waals surface area contributed by atoms with Gasteiger partial charge in [-0.15, -0.1) is 0 Å². The molecule has 16 heavy (non-hydrogen) atoms. The van der Waals surface area contributed by atoms with Crippen LogP contribution in [0.15, 0.2) is 18.2 Å². The zero-order valence-electron chi connectivity index (χ0n) is 9.30. The van der Waals surface area contributed by atoms with Crippen LogP contribution in [0.2, 0.25) is 10.0 Å². The Balaban J connectivity index is 3.02. The number of hydrogen-bond acceptors (Lipinski definition) is 2. The molecule has 1 amide bonds. The highest BCUT2D eigenvalue weighted by Gasteiger charge is 2.25. The van der Waals surface area contributed by atoms with Crippen molar-refractivity contribution in [3.05, 3.63) is 33.8 Å². The predicted molar refractivity (Wildman–Crippen MR) is 65.0 cm³/mol. The lowest BCUT2D eigenvalue weighted by atomic mass is 9.94. The van der Waals surface area contributed by atoms with Crippen molar-refractivity contribution in [3.8, 4) is 0 Å². The van der Waals surface area contributed by atoms with Crippen molar-refractivity contribution in [3.63, 3.8) is 0 Å². The average molecular weight is 262 g/mol. The minimum atomic E-state index is -0.616. The fraction of sp³-hybridized carbons (Fsp3) is 0.364. The smallest absolute Gasteiger partial charge is 0.407 e. The molecule has 0 aliphatic rings. The van der Waals surface area contributed by atoms with E-state index < -0.39 is 11.6 Å². The number of carbonyl (C=O) groups excluding carboxylic acids is 1. The molecule has 0 bridgehead atoms. The predicted octanol–water partition coefficient (Wildman–Crippen LogP) is 3.58. The van der Waals surface area contributed by atoms with Gasteiger partial charge in [-0.3, -0.25) is 0 Å². The number of carbonyl (C=O) groups is 1. The molecule has 0 atom stereocenters. The lowest BCUT2D eigenvalue weighted by Crippen LogP contribution is -2.41. The van der Waals surface area contributed by atoms with Crippen LogP contribution < -0.4 is 5.32 Å². The minimum Gasteiger partial charge on any atom is -0.453 e. The highest BCUT2D eigenvalue weighted by atomic mass is 35.5. The highest BCUT2D eigenvalue weighted by Crippen LogP contribution is 2.30. The maximum atomic E-state index is 11.2. The van der Waals surface area contributed by atoms with Crippen LogP contribution >= 0.6 is 23.2 Å². The summed E-state index contributed by atoms with van der Waals surface area (Å²) in [6.45, 7) is 3.66. The van der Waals surface area contributed by atoms with Gasteiger partial charge in [-0.2, -0.15) is 0 Å². The van der Waals surface area contributed by atoms with Gasteiger partial charge in [0, 0.05) is 10.0 Å². The standard InChI is InChI=1S/C11H13Cl2NO2/c1-11(2,14-10(15)16-3)8-5-4-7(12)6-9(8)13/h4-6H,1-3H3,(H,14,15). The van der Waals surface area contributed by atoms with E-state index in [1.807, 2.05) is 13.8 Å². The molecule has 0 radical (unpaired) electrons. The molecule has 3 nitrogen and oxygen atoms in total. The number of nitrogens with one attached hydrogen (secondary N) is 1. The topological polar surface area (TPSA) is 38.3 Å². The number of hydrogen-bond donors (Lipinski definition) is 1. The van der Waals surface area contributed by atoms with Gasteiger partial charge in [0.25, 0.3) is 0 Å². The second-order valence-corrected chi connectivity index (χ2v) is 4.71. The highest BCUT2D eigenvalue weighted by molar-refractivity contribution is 6.35. The van der Waals surface area contributed by atoms with Crippen LogP contribution in [0.1, 0.15) is 19.4 Å². The Kier molecular flexibility index (Phi) is 4.05. The van der Waals surface area contributed by atoms with Gasteiger partial charge in [-0.1, -0.05) is 29.3 Å². The molecule has 0 saturated heterocycles. The van der Waals surface area contributed by atoms with E-state index in [0.29, 0.717) is 10.0 Å². The van der Waals surface area contributed by atoms with E-state index >= 15 is 0 Å². The minimum absolute atomic E-state index is 0.504. The van der Waals surface area contributed by atoms with Crippen molar-refractivity contribution in [2.45, 2.75) is 19.4 Å². The first-order valence-electron chi connectivity index (χ1n) is 4.68. The van der Waals surface area contributed by atoms with Gasteiger partial charge < -0.3 is 10.1 Å². The summed E-state index contributed by atoms with van der Waals surface area (Å²) in [4.78, 5) is 11.2. The maximum Gasteiger partial charge on any atom is 0.407 e. The Morgan fingerprint density at radius 2 is 2.00 bits per heavy atom. The molecule has 1 aromatic rings. The van der Waals surface area contributed by atoms with E-state index in [1.54, 1.807) is 18.2 Å². The van der Waals surface area contributed by atoms with E-state index in [9.17, 15) is 4.79 Å². The Labute approximate surface area is 105 Å². The molecule has 0 saturated carbocycles. The summed E-state index contributed by atoms with van der Waals surface area (Å²) in [5, 5.41) is 3.76. The first-order valence-corrected chi connectivity index (χ1v) is 5.44. The van der Waals surface area contributed by atoms with E-state index in [1.165, 1.54) is 7.11 Å². The monoisotopic (exact) mass is 261 g/mol. The number of methoxy groups -OCH3 is 1. The van der Waals surface area contributed by atoms with Crippen molar-refractivity contribution >= 4 is 29.3 Å². The Morgan fingerprint density at radius 1 is 1.38 bits per heavy atom. The van der Waals surface area contributed by atoms with Crippen LogP contribution in [0.25, 0.3) is 0 Å². The van der Waals surface area contributed by atoms with Crippen LogP contribution in [-0.4, -0.2) is 13.2 Å². The molecular weight excluding hydrogens is 249 g/mol. The summed E-state index contributed by atoms with van der Waals surface area (Å²) in [5.74, 6) is 0. The molecule has 0 fully saturated rings. The molecule has 1 rings (SSSR count). The Bertz CT molecular complexity index is 405. The molecular formula is C11H13Cl2NO2. The van der Waals surface area contributed by atoms with E-state index in [-0.39, 0.29) is 0 Å². The van der Waals surface area contributed by atoms with Gasteiger partial charge >= 0.3 is 6.09 Å². The summed E-state index contributed by atoms with van der Waals surface area (Å²) in [6, 6.07) is 5.14. The van der Waals surface area contributed by atoms with Crippen molar-refractivity contribution in [2.24, 2.45) is 0 Å². The Hall–Kier alpha value is -0.930. The molecule has 88 valence electrons. The van der Waals surface area contributed by atoms with Gasteiger partial charge in [0.15, 0.2) is 0 Å². The number of halogens is 2. The van der Waals surface area contributed by atoms with E-state index in [0.717, 1.165) is 5.56 Å². The molecule has 0 unspecified atom stereocenters. The molecule has 1 aromatic carbocycles. The van der Waals surface area contributed by atoms with Crippen molar-refractivity contribution in [1.82, 2.24) is 5.32 Å². The Morgan fingerprint density at radius 3 is 2.50 bits per heavy atom. The maximum absolute atomic E-state index is 11.2. The lowest BCUT2D eigenvalue weighted by molar-refractivity contribution is 0.159. The fourth-order valence-electron chi connectivity index (χ4n) is 1.37. The molecule has 0 aromatic heterocycles. The molecule has 0 spiro atoms. The second kappa shape index (κ2) is 4.93. The van der Waals surface area contributed by atoms with Gasteiger partial charge in [-0.05, 0) is 31.5 Å². The normalized spacial score (nSPS) is 11.1. The van der Waals surface area contributed by atoms with Gasteiger partial charge in [-0.25, -0.2) is 4.79 Å². The summed E-state index contributed by atoms with van der Waals surface area (Å²) in [5.41, 5.74) is 0.165. The third-order valence-corrected chi connectivity index (χ3v) is 2.75. The van der Waals surface area contributed by atoms with Crippen LogP contribution in [0.3, 0.4) is 0 Å². The number of amides is 1. The van der Waals surface area contributed by atoms with Crippen LogP contribution in [-0.2, 0) is 10.3 Å². The number of rotatable bonds is 2. The largest absolute Gasteiger partial charge is 0.453 e. The SMILES string of the molecule is COC(=O)NC(C)(C)c1ccc(Cl)cc1Cl. The summed E-state index contributed by atoms with van der Waals surface area (Å²) in [7, 11) is 1.31. The third kappa shape index (κ3) is 3.03. The zero-order chi connectivity index (χ0) is 12.3. The molecule has 0 heterocycles. The fourth-order valence-corrected chi connectivity index (χ4v) is 2.01. The average Bonchev–Trinajstić information content (AvgIpc) is 2.16. The first kappa shape index (κ1) is 13.1. The first-order chi connectivity index (χ1) is 7.36. The molecule has 5 heteroatoms. The van der Waals surface area contributed by atoms with E-state index in [4.69, 9.17) is 23.2 Å². The third-order valence-electron chi connectivity index (χ3n) is 2.20. The van der Waals surface area contributed by atoms with Crippen molar-refractivity contribution in [1.29, 1.82) is 0 Å². The number of benzene rings is 1. The van der Waals surface area contributed by atoms with Gasteiger partial charge in [0.2, 0.25) is 0 Å². The summed E-state index contributed by atoms with van der Waals surface area (Å²) >= 11 is 11.9. The number of alkyl carbamates (subject to hydrolysis) is 1. The lowest BCUT2D eigenvalue weighted by Gasteiger charge is -2.27. The van der Waals surface area contributed by atoms with Crippen molar-refractivity contribution in [2.75, 3.05) is 7.11 Å². The summed E-state index contributed by atoms with van der Waals surface area (Å²) in [6.07, 6.45) is -0.504. The summed E-state index contributed by atoms with van der Waals surface area (Å²) < 4.78 is 4.55. The second-order valence-electron chi connectivity index (χ2n) is 3.87. The molecule has 0 aliphatic heterocycles.